The fourth-order valence-electron chi connectivity index (χ4n) is 11.0. The first kappa shape index (κ1) is 28.8. The summed E-state index contributed by atoms with van der Waals surface area (Å²) in [6.07, 6.45) is 9.28. The molecule has 4 fully saturated rings. The van der Waals surface area contributed by atoms with Crippen molar-refractivity contribution >= 4 is 0 Å². The molecule has 0 bridgehead atoms. The van der Waals surface area contributed by atoms with Gasteiger partial charge in [0.25, 0.3) is 0 Å². The van der Waals surface area contributed by atoms with Crippen LogP contribution in [-0.2, 0) is 4.74 Å². The van der Waals surface area contributed by atoms with Gasteiger partial charge in [-0.3, -0.25) is 0 Å². The first-order valence-corrected chi connectivity index (χ1v) is 15.2. The monoisotopic (exact) mass is 506 g/mol. The fourth-order valence-corrected chi connectivity index (χ4v) is 11.0. The van der Waals surface area contributed by atoms with E-state index in [1.54, 1.807) is 0 Å². The second-order valence-corrected chi connectivity index (χ2v) is 15.7. The van der Waals surface area contributed by atoms with Crippen molar-refractivity contribution in [3.8, 4) is 0 Å². The Kier molecular flexibility index (Phi) is 7.37. The first-order chi connectivity index (χ1) is 16.5. The Bertz CT molecular complexity index is 804. The summed E-state index contributed by atoms with van der Waals surface area (Å²) in [6, 6.07) is 0. The van der Waals surface area contributed by atoms with Gasteiger partial charge in [-0.2, -0.15) is 0 Å². The van der Waals surface area contributed by atoms with Crippen molar-refractivity contribution < 1.29 is 20.1 Å². The summed E-state index contributed by atoms with van der Waals surface area (Å²) in [4.78, 5) is 0. The van der Waals surface area contributed by atoms with Crippen LogP contribution in [0.4, 0.5) is 0 Å². The average Bonchev–Trinajstić information content (AvgIpc) is 3.13. The Morgan fingerprint density at radius 1 is 0.833 bits per heavy atom. The van der Waals surface area contributed by atoms with Gasteiger partial charge in [0.2, 0.25) is 0 Å². The van der Waals surface area contributed by atoms with Gasteiger partial charge in [-0.25, -0.2) is 0 Å². The zero-order chi connectivity index (χ0) is 26.9. The highest BCUT2D eigenvalue weighted by molar-refractivity contribution is 5.20. The van der Waals surface area contributed by atoms with E-state index >= 15 is 0 Å². The zero-order valence-electron chi connectivity index (χ0n) is 25.0. The topological polar surface area (TPSA) is 69.9 Å². The van der Waals surface area contributed by atoms with Gasteiger partial charge in [0.05, 0.1) is 23.4 Å². The van der Waals surface area contributed by atoms with Crippen molar-refractivity contribution in [1.29, 1.82) is 0 Å². The molecule has 4 nitrogen and oxygen atoms in total. The third-order valence-corrected chi connectivity index (χ3v) is 13.2. The van der Waals surface area contributed by atoms with E-state index < -0.39 is 5.60 Å². The molecule has 4 heteroatoms. The van der Waals surface area contributed by atoms with Crippen molar-refractivity contribution in [2.75, 3.05) is 6.61 Å². The van der Waals surface area contributed by atoms with Gasteiger partial charge in [0.1, 0.15) is 0 Å². The summed E-state index contributed by atoms with van der Waals surface area (Å²) >= 11 is 0. The van der Waals surface area contributed by atoms with Crippen LogP contribution in [0, 0.1) is 45.3 Å². The second kappa shape index (κ2) is 9.20. The third-order valence-electron chi connectivity index (χ3n) is 13.2. The maximum atomic E-state index is 11.9. The van der Waals surface area contributed by atoms with Crippen molar-refractivity contribution in [3.05, 3.63) is 0 Å². The maximum Gasteiger partial charge on any atom is 0.0651 e. The number of ether oxygens (including phenoxy) is 1. The molecule has 10 unspecified atom stereocenters. The van der Waals surface area contributed by atoms with Crippen LogP contribution in [0.25, 0.3) is 0 Å². The normalized spacial score (nSPS) is 48.0. The molecule has 0 aromatic rings. The third kappa shape index (κ3) is 4.23. The molecule has 0 saturated heterocycles. The van der Waals surface area contributed by atoms with Gasteiger partial charge < -0.3 is 20.1 Å². The van der Waals surface area contributed by atoms with E-state index in [2.05, 4.69) is 48.5 Å². The molecule has 0 heterocycles. The molecule has 0 radical (unpaired) electrons. The molecule has 0 aromatic carbocycles. The molecule has 4 saturated carbocycles. The van der Waals surface area contributed by atoms with Gasteiger partial charge in [-0.05, 0) is 137 Å². The molecule has 10 atom stereocenters. The van der Waals surface area contributed by atoms with Crippen molar-refractivity contribution in [2.45, 2.75) is 150 Å². The van der Waals surface area contributed by atoms with Gasteiger partial charge in [0, 0.05) is 6.61 Å². The minimum Gasteiger partial charge on any atom is -0.393 e. The van der Waals surface area contributed by atoms with Crippen LogP contribution in [0.3, 0.4) is 0 Å². The van der Waals surface area contributed by atoms with E-state index in [1.165, 1.54) is 12.8 Å². The van der Waals surface area contributed by atoms with E-state index in [9.17, 15) is 15.3 Å². The lowest BCUT2D eigenvalue weighted by Crippen LogP contribution is -2.66. The maximum absolute atomic E-state index is 11.9. The molecule has 0 amide bonds. The molecular formula is C32H58O4. The Hall–Kier alpha value is -0.160. The second-order valence-electron chi connectivity index (χ2n) is 15.7. The molecule has 0 aromatic heterocycles. The van der Waals surface area contributed by atoms with Crippen LogP contribution in [-0.4, -0.2) is 45.3 Å². The number of aliphatic hydroxyl groups is 3. The molecular weight excluding hydrogens is 448 g/mol. The van der Waals surface area contributed by atoms with E-state index in [-0.39, 0.29) is 51.3 Å². The SMILES string of the molecule is CCOC(C)(C)CCCC(C)(O)C1CCC2(C)C1C(O)CC1C3(C)CCC(O)C(C)(C)C3CCC12C. The Balaban J connectivity index is 1.58. The van der Waals surface area contributed by atoms with Crippen molar-refractivity contribution in [3.63, 3.8) is 0 Å². The van der Waals surface area contributed by atoms with E-state index in [1.807, 2.05) is 13.8 Å². The minimum atomic E-state index is -0.771. The Morgan fingerprint density at radius 2 is 1.47 bits per heavy atom. The summed E-state index contributed by atoms with van der Waals surface area (Å²) < 4.78 is 5.90. The van der Waals surface area contributed by atoms with Gasteiger partial charge in [-0.1, -0.05) is 34.6 Å². The molecule has 3 N–H and O–H groups in total. The predicted octanol–water partition coefficient (Wildman–Crippen LogP) is 6.74. The number of fused-ring (bicyclic) bond motifs is 5. The molecule has 4 rings (SSSR count). The van der Waals surface area contributed by atoms with Crippen LogP contribution in [0.15, 0.2) is 0 Å². The number of hydrogen-bond acceptors (Lipinski definition) is 4. The molecule has 210 valence electrons. The fraction of sp³-hybridized carbons (Fsp3) is 1.00. The molecule has 0 aliphatic heterocycles. The molecule has 36 heavy (non-hydrogen) atoms. The summed E-state index contributed by atoms with van der Waals surface area (Å²) in [7, 11) is 0. The lowest BCUT2D eigenvalue weighted by molar-refractivity contribution is -0.246. The smallest absolute Gasteiger partial charge is 0.0651 e. The van der Waals surface area contributed by atoms with Gasteiger partial charge in [0.15, 0.2) is 0 Å². The summed E-state index contributed by atoms with van der Waals surface area (Å²) in [5, 5.41) is 34.6. The molecule has 0 spiro atoms. The summed E-state index contributed by atoms with van der Waals surface area (Å²) in [5.74, 6) is 1.24. The quantitative estimate of drug-likeness (QED) is 0.358. The highest BCUT2D eigenvalue weighted by Crippen LogP contribution is 2.75. The summed E-state index contributed by atoms with van der Waals surface area (Å²) in [6.45, 7) is 21.1. The largest absolute Gasteiger partial charge is 0.393 e. The van der Waals surface area contributed by atoms with Crippen LogP contribution >= 0.6 is 0 Å². The van der Waals surface area contributed by atoms with E-state index in [4.69, 9.17) is 4.74 Å². The number of aliphatic hydroxyl groups excluding tert-OH is 2. The zero-order valence-corrected chi connectivity index (χ0v) is 25.0. The highest BCUT2D eigenvalue weighted by atomic mass is 16.5. The average molecular weight is 507 g/mol. The van der Waals surface area contributed by atoms with E-state index in [0.29, 0.717) is 18.4 Å². The predicted molar refractivity (Wildman–Crippen MR) is 147 cm³/mol. The highest BCUT2D eigenvalue weighted by Gasteiger charge is 2.71. The lowest BCUT2D eigenvalue weighted by atomic mass is 9.35. The molecule has 4 aliphatic carbocycles. The number of rotatable bonds is 7. The van der Waals surface area contributed by atoms with E-state index in [0.717, 1.165) is 51.4 Å². The van der Waals surface area contributed by atoms with Gasteiger partial charge >= 0.3 is 0 Å². The Labute approximate surface area is 222 Å². The molecule has 4 aliphatic rings. The van der Waals surface area contributed by atoms with Crippen LogP contribution < -0.4 is 0 Å². The minimum absolute atomic E-state index is 0.0305. The number of hydrogen-bond donors (Lipinski definition) is 3. The van der Waals surface area contributed by atoms with Crippen molar-refractivity contribution in [1.82, 2.24) is 0 Å². The van der Waals surface area contributed by atoms with Crippen LogP contribution in [0.5, 0.6) is 0 Å². The standard InChI is InChI=1S/C32H58O4/c1-10-36-27(2,3)15-11-16-32(9,35)21-12-18-31(8)26(21)22(33)20-24-29(6)17-14-25(34)28(4,5)23(29)13-19-30(24,31)7/h21-26,33-35H,10-20H2,1-9H3. The van der Waals surface area contributed by atoms with Crippen molar-refractivity contribution in [2.24, 2.45) is 45.3 Å². The Morgan fingerprint density at radius 3 is 2.11 bits per heavy atom. The van der Waals surface area contributed by atoms with Crippen LogP contribution in [0.1, 0.15) is 127 Å². The first-order valence-electron chi connectivity index (χ1n) is 15.2. The lowest BCUT2D eigenvalue weighted by Gasteiger charge is -2.70. The summed E-state index contributed by atoms with van der Waals surface area (Å²) in [5.41, 5.74) is -0.669. The van der Waals surface area contributed by atoms with Gasteiger partial charge in [-0.15, -0.1) is 0 Å². The van der Waals surface area contributed by atoms with Crippen LogP contribution in [0.2, 0.25) is 0 Å².